The third-order valence-corrected chi connectivity index (χ3v) is 11.1. The van der Waals surface area contributed by atoms with Gasteiger partial charge in [-0.3, -0.25) is 0 Å². The van der Waals surface area contributed by atoms with Crippen molar-refractivity contribution in [3.63, 3.8) is 0 Å². The number of fused-ring (bicyclic) bond motifs is 1. The monoisotopic (exact) mass is 740 g/mol. The molecule has 2 nitrogen and oxygen atoms in total. The highest BCUT2D eigenvalue weighted by atomic mass is 15.1. The molecule has 274 valence electrons. The molecule has 0 N–H and O–H groups in total. The van der Waals surface area contributed by atoms with Gasteiger partial charge in [0, 0.05) is 34.3 Å². The Labute approximate surface area is 340 Å². The summed E-state index contributed by atoms with van der Waals surface area (Å²) < 4.78 is 2.26. The number of aromatic nitrogens is 1. The van der Waals surface area contributed by atoms with Crippen LogP contribution < -0.4 is 4.90 Å². The Morgan fingerprint density at radius 2 is 0.707 bits per heavy atom. The normalized spacial score (nSPS) is 11.1. The average molecular weight is 741 g/mol. The van der Waals surface area contributed by atoms with E-state index in [0.717, 1.165) is 22.7 Å². The Balaban J connectivity index is 1.05. The molecule has 0 atom stereocenters. The molecule has 0 spiro atoms. The number of benzene rings is 9. The van der Waals surface area contributed by atoms with Crippen molar-refractivity contribution in [1.82, 2.24) is 4.57 Å². The summed E-state index contributed by atoms with van der Waals surface area (Å²) in [6.07, 6.45) is 2.17. The van der Waals surface area contributed by atoms with Crippen molar-refractivity contribution in [2.45, 2.75) is 0 Å². The molecular weight excluding hydrogens is 701 g/mol. The predicted octanol–water partition coefficient (Wildman–Crippen LogP) is 15.4. The van der Waals surface area contributed by atoms with Crippen molar-refractivity contribution < 1.29 is 0 Å². The van der Waals surface area contributed by atoms with Crippen LogP contribution in [0.5, 0.6) is 0 Å². The lowest BCUT2D eigenvalue weighted by molar-refractivity contribution is 1.13. The zero-order valence-corrected chi connectivity index (χ0v) is 32.0. The molecular formula is C56H40N2. The lowest BCUT2D eigenvalue weighted by Gasteiger charge is -2.27. The van der Waals surface area contributed by atoms with Gasteiger partial charge in [0.2, 0.25) is 0 Å². The van der Waals surface area contributed by atoms with E-state index in [1.165, 1.54) is 66.5 Å². The minimum atomic E-state index is 1.09. The van der Waals surface area contributed by atoms with Crippen LogP contribution in [-0.4, -0.2) is 4.57 Å². The molecule has 1 aromatic heterocycles. The van der Waals surface area contributed by atoms with Crippen molar-refractivity contribution in [1.29, 1.82) is 0 Å². The van der Waals surface area contributed by atoms with Gasteiger partial charge in [0.15, 0.2) is 0 Å². The summed E-state index contributed by atoms with van der Waals surface area (Å²) in [5.41, 5.74) is 17.6. The van der Waals surface area contributed by atoms with Crippen LogP contribution in [0, 0.1) is 0 Å². The first-order valence-electron chi connectivity index (χ1n) is 19.8. The maximum Gasteiger partial charge on any atom is 0.0534 e. The minimum Gasteiger partial charge on any atom is -0.317 e. The summed E-state index contributed by atoms with van der Waals surface area (Å²) >= 11 is 0. The van der Waals surface area contributed by atoms with Crippen molar-refractivity contribution in [2.24, 2.45) is 0 Å². The van der Waals surface area contributed by atoms with Gasteiger partial charge >= 0.3 is 0 Å². The topological polar surface area (TPSA) is 8.17 Å². The number of hydrogen-bond donors (Lipinski definition) is 0. The lowest BCUT2D eigenvalue weighted by Crippen LogP contribution is -2.10. The van der Waals surface area contributed by atoms with Crippen LogP contribution in [-0.2, 0) is 0 Å². The van der Waals surface area contributed by atoms with Crippen molar-refractivity contribution in [3.05, 3.63) is 243 Å². The van der Waals surface area contributed by atoms with E-state index in [4.69, 9.17) is 0 Å². The second kappa shape index (κ2) is 15.5. The largest absolute Gasteiger partial charge is 0.317 e. The van der Waals surface area contributed by atoms with E-state index in [1.54, 1.807) is 0 Å². The van der Waals surface area contributed by atoms with Crippen LogP contribution in [0.1, 0.15) is 0 Å². The molecule has 0 aliphatic rings. The van der Waals surface area contributed by atoms with Gasteiger partial charge in [-0.2, -0.15) is 0 Å². The first-order chi connectivity index (χ1) is 28.8. The molecule has 0 radical (unpaired) electrons. The predicted molar refractivity (Wildman–Crippen MR) is 245 cm³/mol. The number of hydrogen-bond acceptors (Lipinski definition) is 1. The first-order valence-corrected chi connectivity index (χ1v) is 19.8. The highest BCUT2D eigenvalue weighted by Crippen LogP contribution is 2.42. The number of para-hydroxylation sites is 1. The summed E-state index contributed by atoms with van der Waals surface area (Å²) in [4.78, 5) is 2.37. The molecule has 0 aliphatic heterocycles. The molecule has 9 aromatic carbocycles. The number of anilines is 3. The fraction of sp³-hybridized carbons (Fsp3) is 0. The molecule has 58 heavy (non-hydrogen) atoms. The van der Waals surface area contributed by atoms with Gasteiger partial charge in [-0.05, 0) is 116 Å². The molecule has 0 saturated heterocycles. The fourth-order valence-corrected chi connectivity index (χ4v) is 8.16. The third kappa shape index (κ3) is 6.78. The van der Waals surface area contributed by atoms with Crippen LogP contribution in [0.2, 0.25) is 0 Å². The van der Waals surface area contributed by atoms with Gasteiger partial charge in [0.1, 0.15) is 0 Å². The molecule has 10 rings (SSSR count). The summed E-state index contributed by atoms with van der Waals surface area (Å²) in [6, 6.07) is 85.0. The molecule has 2 heteroatoms. The standard InChI is InChI=1S/C56H40N2/c1-5-14-41(15-6-1)43-28-32-49(33-29-43)58(50-34-30-44(31-35-50)42-16-7-2-8-17-42)51-36-37-53(55(40-51)45-18-9-3-10-19-45)47-26-24-46(25-27-47)52-22-13-23-56-54(52)38-39-57(56)48-20-11-4-12-21-48/h1-40H. The van der Waals surface area contributed by atoms with E-state index in [-0.39, 0.29) is 0 Å². The molecule has 1 heterocycles. The second-order valence-electron chi connectivity index (χ2n) is 14.6. The Morgan fingerprint density at radius 1 is 0.276 bits per heavy atom. The van der Waals surface area contributed by atoms with E-state index in [0.29, 0.717) is 0 Å². The molecule has 0 amide bonds. The maximum atomic E-state index is 2.37. The molecule has 0 bridgehead atoms. The Morgan fingerprint density at radius 3 is 1.26 bits per heavy atom. The molecule has 0 fully saturated rings. The molecule has 0 unspecified atom stereocenters. The van der Waals surface area contributed by atoms with Crippen LogP contribution in [0.4, 0.5) is 17.1 Å². The quantitative estimate of drug-likeness (QED) is 0.143. The highest BCUT2D eigenvalue weighted by molar-refractivity contribution is 5.97. The first kappa shape index (κ1) is 34.8. The maximum absolute atomic E-state index is 2.37. The van der Waals surface area contributed by atoms with Crippen molar-refractivity contribution in [3.8, 4) is 61.3 Å². The number of rotatable bonds is 9. The van der Waals surface area contributed by atoms with Gasteiger partial charge in [0.25, 0.3) is 0 Å². The highest BCUT2D eigenvalue weighted by Gasteiger charge is 2.18. The third-order valence-electron chi connectivity index (χ3n) is 11.1. The van der Waals surface area contributed by atoms with Gasteiger partial charge in [0.05, 0.1) is 5.52 Å². The summed E-state index contributed by atoms with van der Waals surface area (Å²) in [7, 11) is 0. The fourth-order valence-electron chi connectivity index (χ4n) is 8.16. The zero-order valence-electron chi connectivity index (χ0n) is 32.0. The van der Waals surface area contributed by atoms with Crippen LogP contribution in [0.15, 0.2) is 243 Å². The molecule has 0 aliphatic carbocycles. The summed E-state index contributed by atoms with van der Waals surface area (Å²) in [5.74, 6) is 0. The van der Waals surface area contributed by atoms with Gasteiger partial charge < -0.3 is 9.47 Å². The summed E-state index contributed by atoms with van der Waals surface area (Å²) in [5, 5.41) is 1.24. The smallest absolute Gasteiger partial charge is 0.0534 e. The Hall–Kier alpha value is -7.68. The van der Waals surface area contributed by atoms with Crippen molar-refractivity contribution in [2.75, 3.05) is 4.90 Å². The molecule has 10 aromatic rings. The Bertz CT molecular complexity index is 2850. The second-order valence-corrected chi connectivity index (χ2v) is 14.6. The molecule has 0 saturated carbocycles. The van der Waals surface area contributed by atoms with Crippen LogP contribution in [0.3, 0.4) is 0 Å². The average Bonchev–Trinajstić information content (AvgIpc) is 3.76. The van der Waals surface area contributed by atoms with E-state index in [1.807, 2.05) is 0 Å². The van der Waals surface area contributed by atoms with Crippen LogP contribution >= 0.6 is 0 Å². The Kier molecular flexibility index (Phi) is 9.27. The zero-order chi connectivity index (χ0) is 38.7. The van der Waals surface area contributed by atoms with Gasteiger partial charge in [-0.25, -0.2) is 0 Å². The van der Waals surface area contributed by atoms with Crippen molar-refractivity contribution >= 4 is 28.0 Å². The van der Waals surface area contributed by atoms with E-state index < -0.39 is 0 Å². The van der Waals surface area contributed by atoms with Gasteiger partial charge in [-0.15, -0.1) is 0 Å². The van der Waals surface area contributed by atoms with Crippen LogP contribution in [0.25, 0.3) is 72.2 Å². The van der Waals surface area contributed by atoms with E-state index in [2.05, 4.69) is 252 Å². The van der Waals surface area contributed by atoms with E-state index >= 15 is 0 Å². The lowest BCUT2D eigenvalue weighted by atomic mass is 9.92. The SMILES string of the molecule is c1ccc(-c2ccc(N(c3ccc(-c4ccccc4)cc3)c3ccc(-c4ccc(-c5cccc6c5ccn6-c5ccccc5)cc4)c(-c4ccccc4)c3)cc2)cc1. The number of nitrogens with zero attached hydrogens (tertiary/aromatic N) is 2. The van der Waals surface area contributed by atoms with Gasteiger partial charge in [-0.1, -0.05) is 176 Å². The van der Waals surface area contributed by atoms with E-state index in [9.17, 15) is 0 Å². The summed E-state index contributed by atoms with van der Waals surface area (Å²) in [6.45, 7) is 0. The minimum absolute atomic E-state index is 1.09.